The standard InChI is InChI=1S/C20H26N2O5/c1-13(23)21-17(20(25)22-16-7-5-4-6-8-16)11-15-9-10-18(27-14(2)24)19(12-15)26-3/h9-12,16H,4-8H2,1-3H3,(H,21,23)(H,22,25)/b17-11+. The van der Waals surface area contributed by atoms with Crippen molar-refractivity contribution >= 4 is 23.9 Å². The second kappa shape index (κ2) is 9.75. The zero-order valence-electron chi connectivity index (χ0n) is 16.0. The maximum absolute atomic E-state index is 12.6. The zero-order chi connectivity index (χ0) is 19.8. The van der Waals surface area contributed by atoms with Crippen LogP contribution in [0.25, 0.3) is 6.08 Å². The lowest BCUT2D eigenvalue weighted by Gasteiger charge is -2.23. The molecular formula is C20H26N2O5. The van der Waals surface area contributed by atoms with Gasteiger partial charge in [0.05, 0.1) is 7.11 Å². The van der Waals surface area contributed by atoms with Gasteiger partial charge >= 0.3 is 5.97 Å². The summed E-state index contributed by atoms with van der Waals surface area (Å²) >= 11 is 0. The number of esters is 1. The van der Waals surface area contributed by atoms with Gasteiger partial charge in [0.1, 0.15) is 5.70 Å². The molecular weight excluding hydrogens is 348 g/mol. The predicted octanol–water partition coefficient (Wildman–Crippen LogP) is 2.55. The number of ether oxygens (including phenoxy) is 2. The fraction of sp³-hybridized carbons (Fsp3) is 0.450. The van der Waals surface area contributed by atoms with Gasteiger partial charge < -0.3 is 20.1 Å². The van der Waals surface area contributed by atoms with Crippen molar-refractivity contribution < 1.29 is 23.9 Å². The molecule has 0 spiro atoms. The molecule has 2 amide bonds. The van der Waals surface area contributed by atoms with Crippen molar-refractivity contribution in [3.05, 3.63) is 29.5 Å². The van der Waals surface area contributed by atoms with Gasteiger partial charge in [-0.05, 0) is 36.6 Å². The molecule has 0 saturated heterocycles. The van der Waals surface area contributed by atoms with E-state index in [0.29, 0.717) is 11.3 Å². The molecule has 1 aliphatic rings. The summed E-state index contributed by atoms with van der Waals surface area (Å²) in [5, 5.41) is 5.57. The van der Waals surface area contributed by atoms with Crippen LogP contribution in [0.15, 0.2) is 23.9 Å². The highest BCUT2D eigenvalue weighted by Crippen LogP contribution is 2.29. The first-order valence-corrected chi connectivity index (χ1v) is 9.05. The topological polar surface area (TPSA) is 93.7 Å². The lowest BCUT2D eigenvalue weighted by Crippen LogP contribution is -2.40. The molecule has 0 aromatic heterocycles. The minimum Gasteiger partial charge on any atom is -0.493 e. The van der Waals surface area contributed by atoms with Gasteiger partial charge in [-0.15, -0.1) is 0 Å². The number of rotatable bonds is 6. The summed E-state index contributed by atoms with van der Waals surface area (Å²) in [7, 11) is 1.46. The molecule has 1 saturated carbocycles. The molecule has 1 aliphatic carbocycles. The Morgan fingerprint density at radius 1 is 1.07 bits per heavy atom. The van der Waals surface area contributed by atoms with E-state index in [0.717, 1.165) is 25.7 Å². The lowest BCUT2D eigenvalue weighted by molar-refractivity contribution is -0.132. The highest BCUT2D eigenvalue weighted by atomic mass is 16.6. The van der Waals surface area contributed by atoms with Crippen LogP contribution in [0, 0.1) is 0 Å². The third-order valence-corrected chi connectivity index (χ3v) is 4.25. The lowest BCUT2D eigenvalue weighted by atomic mass is 9.95. The average Bonchev–Trinajstić information content (AvgIpc) is 2.62. The van der Waals surface area contributed by atoms with Crippen LogP contribution in [0.5, 0.6) is 11.5 Å². The molecule has 2 N–H and O–H groups in total. The van der Waals surface area contributed by atoms with E-state index in [-0.39, 0.29) is 29.3 Å². The zero-order valence-corrected chi connectivity index (χ0v) is 16.0. The van der Waals surface area contributed by atoms with Crippen molar-refractivity contribution in [2.75, 3.05) is 7.11 Å². The third kappa shape index (κ3) is 6.44. The number of carbonyl (C=O) groups excluding carboxylic acids is 3. The maximum atomic E-state index is 12.6. The van der Waals surface area contributed by atoms with Gasteiger partial charge in [-0.2, -0.15) is 0 Å². The largest absolute Gasteiger partial charge is 0.493 e. The number of hydrogen-bond donors (Lipinski definition) is 2. The number of benzene rings is 1. The molecule has 0 bridgehead atoms. The molecule has 0 unspecified atom stereocenters. The number of hydrogen-bond acceptors (Lipinski definition) is 5. The molecule has 7 heteroatoms. The van der Waals surface area contributed by atoms with E-state index in [1.807, 2.05) is 0 Å². The summed E-state index contributed by atoms with van der Waals surface area (Å²) in [6.45, 7) is 2.66. The first-order chi connectivity index (χ1) is 12.9. The smallest absolute Gasteiger partial charge is 0.308 e. The quantitative estimate of drug-likeness (QED) is 0.453. The van der Waals surface area contributed by atoms with Crippen LogP contribution in [0.2, 0.25) is 0 Å². The first-order valence-electron chi connectivity index (χ1n) is 9.05. The summed E-state index contributed by atoms with van der Waals surface area (Å²) in [5.74, 6) is -0.463. The molecule has 0 aliphatic heterocycles. The molecule has 1 aromatic rings. The van der Waals surface area contributed by atoms with Crippen LogP contribution >= 0.6 is 0 Å². The fourth-order valence-electron chi connectivity index (χ4n) is 3.04. The minimum absolute atomic E-state index is 0.129. The highest BCUT2D eigenvalue weighted by Gasteiger charge is 2.19. The van der Waals surface area contributed by atoms with Gasteiger partial charge in [0, 0.05) is 19.9 Å². The molecule has 0 atom stereocenters. The van der Waals surface area contributed by atoms with Crippen molar-refractivity contribution in [1.29, 1.82) is 0 Å². The molecule has 1 fully saturated rings. The van der Waals surface area contributed by atoms with Crippen LogP contribution < -0.4 is 20.1 Å². The second-order valence-electron chi connectivity index (χ2n) is 6.55. The van der Waals surface area contributed by atoms with Crippen molar-refractivity contribution in [3.63, 3.8) is 0 Å². The molecule has 27 heavy (non-hydrogen) atoms. The number of carbonyl (C=O) groups is 3. The molecule has 1 aromatic carbocycles. The minimum atomic E-state index is -0.456. The summed E-state index contributed by atoms with van der Waals surface area (Å²) in [6, 6.07) is 5.02. The van der Waals surface area contributed by atoms with Gasteiger partial charge in [-0.25, -0.2) is 0 Å². The van der Waals surface area contributed by atoms with Crippen molar-refractivity contribution in [2.45, 2.75) is 52.0 Å². The van der Waals surface area contributed by atoms with Crippen LogP contribution in [0.1, 0.15) is 51.5 Å². The van der Waals surface area contributed by atoms with Crippen molar-refractivity contribution in [2.24, 2.45) is 0 Å². The normalized spacial score (nSPS) is 15.0. The summed E-state index contributed by atoms with van der Waals surface area (Å²) < 4.78 is 10.3. The Labute approximate surface area is 159 Å². The Hall–Kier alpha value is -2.83. The molecule has 146 valence electrons. The third-order valence-electron chi connectivity index (χ3n) is 4.25. The summed E-state index contributed by atoms with van der Waals surface area (Å²) in [4.78, 5) is 35.3. The Morgan fingerprint density at radius 3 is 2.37 bits per heavy atom. The monoisotopic (exact) mass is 374 g/mol. The van der Waals surface area contributed by atoms with Gasteiger partial charge in [0.2, 0.25) is 5.91 Å². The van der Waals surface area contributed by atoms with Crippen LogP contribution in [0.4, 0.5) is 0 Å². The molecule has 2 rings (SSSR count). The van der Waals surface area contributed by atoms with Gasteiger partial charge in [-0.1, -0.05) is 25.3 Å². The highest BCUT2D eigenvalue weighted by molar-refractivity contribution is 6.01. The predicted molar refractivity (Wildman–Crippen MR) is 101 cm³/mol. The molecule has 0 heterocycles. The van der Waals surface area contributed by atoms with Crippen LogP contribution in [-0.4, -0.2) is 30.9 Å². The van der Waals surface area contributed by atoms with Gasteiger partial charge in [0.25, 0.3) is 5.91 Å². The van der Waals surface area contributed by atoms with Crippen molar-refractivity contribution in [3.8, 4) is 11.5 Å². The van der Waals surface area contributed by atoms with E-state index in [1.165, 1.54) is 27.4 Å². The van der Waals surface area contributed by atoms with E-state index < -0.39 is 5.97 Å². The first kappa shape index (κ1) is 20.5. The van der Waals surface area contributed by atoms with Crippen molar-refractivity contribution in [1.82, 2.24) is 10.6 Å². The van der Waals surface area contributed by atoms with E-state index >= 15 is 0 Å². The second-order valence-corrected chi connectivity index (χ2v) is 6.55. The van der Waals surface area contributed by atoms with Gasteiger partial charge in [-0.3, -0.25) is 14.4 Å². The maximum Gasteiger partial charge on any atom is 0.308 e. The van der Waals surface area contributed by atoms with Gasteiger partial charge in [0.15, 0.2) is 11.5 Å². The Balaban J connectivity index is 2.23. The number of methoxy groups -OCH3 is 1. The van der Waals surface area contributed by atoms with Crippen LogP contribution in [-0.2, 0) is 14.4 Å². The van der Waals surface area contributed by atoms with E-state index in [4.69, 9.17) is 9.47 Å². The number of amides is 2. The average molecular weight is 374 g/mol. The SMILES string of the molecule is COc1cc(/C=C(/NC(C)=O)C(=O)NC2CCCCC2)ccc1OC(C)=O. The van der Waals surface area contributed by atoms with E-state index in [9.17, 15) is 14.4 Å². The van der Waals surface area contributed by atoms with E-state index in [2.05, 4.69) is 10.6 Å². The molecule has 7 nitrogen and oxygen atoms in total. The molecule has 0 radical (unpaired) electrons. The summed E-state index contributed by atoms with van der Waals surface area (Å²) in [5.41, 5.74) is 0.792. The Bertz CT molecular complexity index is 736. The Kier molecular flexibility index (Phi) is 7.40. The van der Waals surface area contributed by atoms with Crippen LogP contribution in [0.3, 0.4) is 0 Å². The Morgan fingerprint density at radius 2 is 1.78 bits per heavy atom. The fourth-order valence-corrected chi connectivity index (χ4v) is 3.04. The summed E-state index contributed by atoms with van der Waals surface area (Å²) in [6.07, 6.45) is 6.85. The van der Waals surface area contributed by atoms with E-state index in [1.54, 1.807) is 24.3 Å². The number of nitrogens with one attached hydrogen (secondary N) is 2.